The number of anilines is 1. The molecule has 7 nitrogen and oxygen atoms in total. The first-order chi connectivity index (χ1) is 13.9. The van der Waals surface area contributed by atoms with E-state index in [-0.39, 0.29) is 11.9 Å². The summed E-state index contributed by atoms with van der Waals surface area (Å²) in [6.07, 6.45) is 4.90. The summed E-state index contributed by atoms with van der Waals surface area (Å²) in [5.41, 5.74) is 1.95. The highest BCUT2D eigenvalue weighted by Gasteiger charge is 2.41. The van der Waals surface area contributed by atoms with Crippen molar-refractivity contribution >= 4 is 16.2 Å². The minimum absolute atomic E-state index is 0.349. The van der Waals surface area contributed by atoms with Gasteiger partial charge in [-0.15, -0.1) is 0 Å². The van der Waals surface area contributed by atoms with Crippen LogP contribution in [0.15, 0.2) is 30.5 Å². The Hall–Kier alpha value is -2.10. The number of hydrogen-bond donors (Lipinski definition) is 0. The summed E-state index contributed by atoms with van der Waals surface area (Å²) in [5, 5.41) is 0. The molecule has 0 unspecified atom stereocenters. The average Bonchev–Trinajstić information content (AvgIpc) is 3.40. The Morgan fingerprint density at radius 2 is 1.90 bits per heavy atom. The van der Waals surface area contributed by atoms with Crippen molar-refractivity contribution in [1.29, 1.82) is 0 Å². The molecule has 156 valence electrons. The van der Waals surface area contributed by atoms with Gasteiger partial charge in [0, 0.05) is 45.5 Å². The molecule has 0 aliphatic carbocycles. The second-order valence-corrected chi connectivity index (χ2v) is 9.64. The minimum atomic E-state index is -3.56. The normalized spacial score (nSPS) is 21.0. The summed E-state index contributed by atoms with van der Waals surface area (Å²) in [5.74, 6) is 0.156. The molecule has 2 saturated heterocycles. The second-order valence-electron chi connectivity index (χ2n) is 7.76. The van der Waals surface area contributed by atoms with Gasteiger partial charge in [-0.1, -0.05) is 12.1 Å². The van der Waals surface area contributed by atoms with Gasteiger partial charge < -0.3 is 4.90 Å². The van der Waals surface area contributed by atoms with Crippen LogP contribution in [-0.4, -0.2) is 60.7 Å². The molecule has 0 radical (unpaired) electrons. The van der Waals surface area contributed by atoms with Crippen LogP contribution in [0.25, 0.3) is 11.1 Å². The van der Waals surface area contributed by atoms with Gasteiger partial charge in [-0.25, -0.2) is 14.4 Å². The first-order valence-corrected chi connectivity index (χ1v) is 11.3. The molecule has 1 aromatic carbocycles. The fraction of sp³-hybridized carbons (Fsp3) is 0.500. The summed E-state index contributed by atoms with van der Waals surface area (Å²) in [6, 6.07) is 5.88. The summed E-state index contributed by atoms with van der Waals surface area (Å²) in [7, 11) is 0.126. The van der Waals surface area contributed by atoms with Gasteiger partial charge in [-0.2, -0.15) is 17.0 Å². The van der Waals surface area contributed by atoms with Crippen LogP contribution in [0.2, 0.25) is 0 Å². The van der Waals surface area contributed by atoms with Crippen LogP contribution in [0.4, 0.5) is 10.3 Å². The van der Waals surface area contributed by atoms with Gasteiger partial charge in [-0.05, 0) is 43.4 Å². The highest BCUT2D eigenvalue weighted by atomic mass is 32.2. The molecule has 1 aromatic heterocycles. The lowest BCUT2D eigenvalue weighted by atomic mass is 10.0. The maximum atomic E-state index is 13.9. The molecule has 2 fully saturated rings. The van der Waals surface area contributed by atoms with Crippen LogP contribution >= 0.6 is 0 Å². The molecule has 0 amide bonds. The maximum absolute atomic E-state index is 13.9. The van der Waals surface area contributed by atoms with Gasteiger partial charge in [-0.3, -0.25) is 0 Å². The Morgan fingerprint density at radius 3 is 2.59 bits per heavy atom. The Bertz CT molecular complexity index is 992. The Labute approximate surface area is 171 Å². The molecule has 2 aliphatic rings. The van der Waals surface area contributed by atoms with Crippen LogP contribution in [0, 0.1) is 5.82 Å². The second kappa shape index (κ2) is 7.97. The number of halogens is 1. The lowest BCUT2D eigenvalue weighted by Crippen LogP contribution is -2.42. The molecule has 9 heteroatoms. The minimum Gasteiger partial charge on any atom is -0.347 e. The van der Waals surface area contributed by atoms with Crippen molar-refractivity contribution in [2.24, 2.45) is 0 Å². The number of hydrogen-bond acceptors (Lipinski definition) is 5. The van der Waals surface area contributed by atoms with E-state index in [2.05, 4.69) is 4.98 Å². The van der Waals surface area contributed by atoms with Gasteiger partial charge in [0.15, 0.2) is 0 Å². The van der Waals surface area contributed by atoms with E-state index < -0.39 is 10.2 Å². The molecule has 2 aromatic rings. The smallest absolute Gasteiger partial charge is 0.282 e. The molecule has 3 heterocycles. The quantitative estimate of drug-likeness (QED) is 0.745. The molecule has 4 rings (SSSR count). The number of rotatable bonds is 5. The van der Waals surface area contributed by atoms with Crippen LogP contribution in [-0.2, 0) is 10.2 Å². The number of benzene rings is 1. The zero-order chi connectivity index (χ0) is 20.6. The van der Waals surface area contributed by atoms with Gasteiger partial charge >= 0.3 is 0 Å². The molecule has 0 N–H and O–H groups in total. The third-order valence-corrected chi connectivity index (χ3v) is 7.60. The van der Waals surface area contributed by atoms with E-state index in [9.17, 15) is 12.8 Å². The third kappa shape index (κ3) is 3.86. The van der Waals surface area contributed by atoms with Crippen molar-refractivity contribution in [3.05, 3.63) is 42.0 Å². The standard InChI is InChI=1S/C20H26FN5O2S/c1-24(2)20-22-14-17(15-7-5-8-16(21)13-15)19(23-20)18-9-6-12-26(18)29(27,28)25-10-3-4-11-25/h5,7-8,13-14,18H,3-4,6,9-12H2,1-2H3/t18-/m1/s1. The highest BCUT2D eigenvalue weighted by Crippen LogP contribution is 2.39. The fourth-order valence-electron chi connectivity index (χ4n) is 4.09. The van der Waals surface area contributed by atoms with Crippen molar-refractivity contribution in [2.75, 3.05) is 38.6 Å². The number of nitrogens with zero attached hydrogens (tertiary/aromatic N) is 5. The Kier molecular flexibility index (Phi) is 5.54. The molecular formula is C20H26FN5O2S. The lowest BCUT2D eigenvalue weighted by Gasteiger charge is -2.29. The van der Waals surface area contributed by atoms with E-state index in [1.807, 2.05) is 14.1 Å². The maximum Gasteiger partial charge on any atom is 0.282 e. The largest absolute Gasteiger partial charge is 0.347 e. The Balaban J connectivity index is 1.80. The summed E-state index contributed by atoms with van der Waals surface area (Å²) >= 11 is 0. The predicted octanol–water partition coefficient (Wildman–Crippen LogP) is 2.83. The van der Waals surface area contributed by atoms with Crippen molar-refractivity contribution in [1.82, 2.24) is 18.6 Å². The average molecular weight is 420 g/mol. The molecule has 2 aliphatic heterocycles. The summed E-state index contributed by atoms with van der Waals surface area (Å²) in [4.78, 5) is 10.9. The van der Waals surface area contributed by atoms with Crippen LogP contribution < -0.4 is 4.90 Å². The van der Waals surface area contributed by atoms with E-state index in [0.29, 0.717) is 48.8 Å². The van der Waals surface area contributed by atoms with E-state index >= 15 is 0 Å². The van der Waals surface area contributed by atoms with Crippen LogP contribution in [0.1, 0.15) is 37.4 Å². The van der Waals surface area contributed by atoms with E-state index in [1.165, 1.54) is 12.1 Å². The van der Waals surface area contributed by atoms with Gasteiger partial charge in [0.2, 0.25) is 5.95 Å². The molecule has 0 spiro atoms. The van der Waals surface area contributed by atoms with Crippen molar-refractivity contribution < 1.29 is 12.8 Å². The predicted molar refractivity (Wildman–Crippen MR) is 110 cm³/mol. The van der Waals surface area contributed by atoms with Gasteiger partial charge in [0.1, 0.15) is 5.82 Å². The van der Waals surface area contributed by atoms with E-state index in [1.54, 1.807) is 31.8 Å². The lowest BCUT2D eigenvalue weighted by molar-refractivity contribution is 0.345. The third-order valence-electron chi connectivity index (χ3n) is 5.55. The topological polar surface area (TPSA) is 69.6 Å². The molecule has 0 saturated carbocycles. The highest BCUT2D eigenvalue weighted by molar-refractivity contribution is 7.86. The monoisotopic (exact) mass is 419 g/mol. The first-order valence-electron chi connectivity index (χ1n) is 9.95. The van der Waals surface area contributed by atoms with Crippen molar-refractivity contribution in [2.45, 2.75) is 31.7 Å². The van der Waals surface area contributed by atoms with Gasteiger partial charge in [0.25, 0.3) is 10.2 Å². The Morgan fingerprint density at radius 1 is 1.14 bits per heavy atom. The van der Waals surface area contributed by atoms with E-state index in [0.717, 1.165) is 19.3 Å². The van der Waals surface area contributed by atoms with Gasteiger partial charge in [0.05, 0.1) is 11.7 Å². The molecule has 29 heavy (non-hydrogen) atoms. The molecule has 0 bridgehead atoms. The SMILES string of the molecule is CN(C)c1ncc(-c2cccc(F)c2)c([C@H]2CCCN2S(=O)(=O)N2CCCC2)n1. The zero-order valence-corrected chi connectivity index (χ0v) is 17.6. The van der Waals surface area contributed by atoms with E-state index in [4.69, 9.17) is 4.98 Å². The van der Waals surface area contributed by atoms with Crippen molar-refractivity contribution in [3.8, 4) is 11.1 Å². The number of aromatic nitrogens is 2. The first kappa shape index (κ1) is 20.2. The zero-order valence-electron chi connectivity index (χ0n) is 16.8. The molecular weight excluding hydrogens is 393 g/mol. The summed E-state index contributed by atoms with van der Waals surface area (Å²) in [6.45, 7) is 1.59. The fourth-order valence-corrected chi connectivity index (χ4v) is 5.99. The molecule has 1 atom stereocenters. The van der Waals surface area contributed by atoms with Crippen LogP contribution in [0.5, 0.6) is 0 Å². The van der Waals surface area contributed by atoms with Crippen LogP contribution in [0.3, 0.4) is 0 Å². The summed E-state index contributed by atoms with van der Waals surface area (Å²) < 4.78 is 43.6. The van der Waals surface area contributed by atoms with Crippen molar-refractivity contribution in [3.63, 3.8) is 0 Å².